The van der Waals surface area contributed by atoms with Gasteiger partial charge >= 0.3 is 0 Å². The molecule has 5 nitrogen and oxygen atoms in total. The molecule has 1 aromatic heterocycles. The van der Waals surface area contributed by atoms with Gasteiger partial charge in [0.25, 0.3) is 0 Å². The van der Waals surface area contributed by atoms with Gasteiger partial charge in [-0.15, -0.1) is 0 Å². The molecule has 0 fully saturated rings. The first-order chi connectivity index (χ1) is 9.35. The highest BCUT2D eigenvalue weighted by Gasteiger charge is 2.08. The Morgan fingerprint density at radius 2 is 2.05 bits per heavy atom. The van der Waals surface area contributed by atoms with Gasteiger partial charge in [-0.3, -0.25) is 5.10 Å². The fourth-order valence-electron chi connectivity index (χ4n) is 2.04. The molecule has 0 aliphatic heterocycles. The van der Waals surface area contributed by atoms with Gasteiger partial charge in [0.15, 0.2) is 6.29 Å². The van der Waals surface area contributed by atoms with Gasteiger partial charge in [-0.2, -0.15) is 5.10 Å². The molecule has 2 aromatic rings. The minimum atomic E-state index is -0.184. The van der Waals surface area contributed by atoms with Gasteiger partial charge in [0.1, 0.15) is 0 Å². The molecule has 0 bridgehead atoms. The van der Waals surface area contributed by atoms with E-state index < -0.39 is 0 Å². The van der Waals surface area contributed by atoms with Crippen molar-refractivity contribution in [3.63, 3.8) is 0 Å². The lowest BCUT2D eigenvalue weighted by Crippen LogP contribution is -2.31. The van der Waals surface area contributed by atoms with Crippen LogP contribution in [-0.4, -0.2) is 36.2 Å². The number of aromatic amines is 1. The second kappa shape index (κ2) is 7.23. The smallest absolute Gasteiger partial charge is 0.169 e. The fraction of sp³-hybridized carbons (Fsp3) is 0.500. The molecule has 0 radical (unpaired) electrons. The Morgan fingerprint density at radius 3 is 2.79 bits per heavy atom. The molecule has 2 N–H and O–H groups in total. The predicted molar refractivity (Wildman–Crippen MR) is 74.8 cm³/mol. The Balaban J connectivity index is 1.89. The monoisotopic (exact) mass is 263 g/mol. The average molecular weight is 263 g/mol. The van der Waals surface area contributed by atoms with Gasteiger partial charge in [-0.05, 0) is 19.4 Å². The summed E-state index contributed by atoms with van der Waals surface area (Å²) in [5.41, 5.74) is 2.28. The van der Waals surface area contributed by atoms with Crippen LogP contribution in [0.3, 0.4) is 0 Å². The van der Waals surface area contributed by atoms with Crippen LogP contribution in [0.25, 0.3) is 10.9 Å². The fourth-order valence-corrected chi connectivity index (χ4v) is 2.04. The predicted octanol–water partition coefficient (Wildman–Crippen LogP) is 2.05. The van der Waals surface area contributed by atoms with Crippen LogP contribution in [0.1, 0.15) is 19.4 Å². The van der Waals surface area contributed by atoms with E-state index in [0.29, 0.717) is 19.8 Å². The number of para-hydroxylation sites is 1. The molecular weight excluding hydrogens is 242 g/mol. The SMILES string of the molecule is CCOC(CNCc1cccc2cn[nH]c12)OCC. The van der Waals surface area contributed by atoms with Crippen LogP contribution >= 0.6 is 0 Å². The van der Waals surface area contributed by atoms with Crippen LogP contribution in [0.4, 0.5) is 0 Å². The third-order valence-corrected chi connectivity index (χ3v) is 2.89. The summed E-state index contributed by atoms with van der Waals surface area (Å²) in [6, 6.07) is 6.17. The number of hydrogen-bond acceptors (Lipinski definition) is 4. The van der Waals surface area contributed by atoms with Crippen LogP contribution in [0.15, 0.2) is 24.4 Å². The summed E-state index contributed by atoms with van der Waals surface area (Å²) in [6.07, 6.45) is 1.65. The zero-order chi connectivity index (χ0) is 13.5. The minimum absolute atomic E-state index is 0.184. The van der Waals surface area contributed by atoms with Crippen LogP contribution in [0.2, 0.25) is 0 Å². The Bertz CT molecular complexity index is 492. The Kier molecular flexibility index (Phi) is 5.32. The molecule has 0 saturated carbocycles. The zero-order valence-electron chi connectivity index (χ0n) is 11.5. The number of nitrogens with zero attached hydrogens (tertiary/aromatic N) is 1. The lowest BCUT2D eigenvalue weighted by molar-refractivity contribution is -0.133. The zero-order valence-corrected chi connectivity index (χ0v) is 11.5. The lowest BCUT2D eigenvalue weighted by Gasteiger charge is -2.17. The highest BCUT2D eigenvalue weighted by molar-refractivity contribution is 5.81. The standard InChI is InChI=1S/C14H21N3O2/c1-3-18-13(19-4-2)10-15-8-11-6-5-7-12-9-16-17-14(11)12/h5-7,9,13,15H,3-4,8,10H2,1-2H3,(H,16,17). The molecule has 0 aliphatic rings. The number of aromatic nitrogens is 2. The second-order valence-corrected chi connectivity index (χ2v) is 4.22. The molecule has 1 aromatic carbocycles. The van der Waals surface area contributed by atoms with Crippen LogP contribution in [0, 0.1) is 0 Å². The van der Waals surface area contributed by atoms with Gasteiger partial charge in [0, 0.05) is 31.7 Å². The van der Waals surface area contributed by atoms with Crippen molar-refractivity contribution >= 4 is 10.9 Å². The third-order valence-electron chi connectivity index (χ3n) is 2.89. The van der Waals surface area contributed by atoms with Crippen LogP contribution < -0.4 is 5.32 Å². The van der Waals surface area contributed by atoms with E-state index in [1.165, 1.54) is 5.56 Å². The van der Waals surface area contributed by atoms with Gasteiger partial charge in [-0.1, -0.05) is 18.2 Å². The Morgan fingerprint density at radius 1 is 1.26 bits per heavy atom. The van der Waals surface area contributed by atoms with Crippen molar-refractivity contribution in [2.24, 2.45) is 0 Å². The van der Waals surface area contributed by atoms with Gasteiger partial charge in [0.05, 0.1) is 11.7 Å². The first-order valence-electron chi connectivity index (χ1n) is 6.70. The molecule has 2 rings (SSSR count). The normalized spacial score (nSPS) is 11.5. The molecule has 0 saturated heterocycles. The molecule has 0 amide bonds. The van der Waals surface area contributed by atoms with Gasteiger partial charge < -0.3 is 14.8 Å². The van der Waals surface area contributed by atoms with E-state index in [1.807, 2.05) is 32.2 Å². The summed E-state index contributed by atoms with van der Waals surface area (Å²) >= 11 is 0. The maximum atomic E-state index is 5.49. The second-order valence-electron chi connectivity index (χ2n) is 4.22. The van der Waals surface area contributed by atoms with E-state index in [1.54, 1.807) is 0 Å². The quantitative estimate of drug-likeness (QED) is 0.716. The van der Waals surface area contributed by atoms with Gasteiger partial charge in [-0.25, -0.2) is 0 Å². The van der Waals surface area contributed by atoms with E-state index in [4.69, 9.17) is 9.47 Å². The van der Waals surface area contributed by atoms with E-state index in [-0.39, 0.29) is 6.29 Å². The molecule has 0 spiro atoms. The number of rotatable bonds is 8. The average Bonchev–Trinajstić information content (AvgIpc) is 2.88. The number of hydrogen-bond donors (Lipinski definition) is 2. The minimum Gasteiger partial charge on any atom is -0.352 e. The molecular formula is C14H21N3O2. The first-order valence-corrected chi connectivity index (χ1v) is 6.70. The van der Waals surface area contributed by atoms with E-state index >= 15 is 0 Å². The molecule has 104 valence electrons. The third kappa shape index (κ3) is 3.76. The number of benzene rings is 1. The summed E-state index contributed by atoms with van der Waals surface area (Å²) in [4.78, 5) is 0. The van der Waals surface area contributed by atoms with Crippen molar-refractivity contribution in [1.29, 1.82) is 0 Å². The van der Waals surface area contributed by atoms with Crippen LogP contribution in [0.5, 0.6) is 0 Å². The number of H-pyrrole nitrogens is 1. The van der Waals surface area contributed by atoms with Crippen molar-refractivity contribution < 1.29 is 9.47 Å². The Hall–Kier alpha value is -1.43. The summed E-state index contributed by atoms with van der Waals surface area (Å²) in [7, 11) is 0. The van der Waals surface area contributed by atoms with Crippen molar-refractivity contribution in [3.05, 3.63) is 30.0 Å². The number of ether oxygens (including phenoxy) is 2. The van der Waals surface area contributed by atoms with Crippen LogP contribution in [-0.2, 0) is 16.0 Å². The topological polar surface area (TPSA) is 59.2 Å². The molecule has 0 unspecified atom stereocenters. The van der Waals surface area contributed by atoms with E-state index in [0.717, 1.165) is 17.4 Å². The van der Waals surface area contributed by atoms with Crippen molar-refractivity contribution in [2.75, 3.05) is 19.8 Å². The van der Waals surface area contributed by atoms with Gasteiger partial charge in [0.2, 0.25) is 0 Å². The van der Waals surface area contributed by atoms with Crippen molar-refractivity contribution in [1.82, 2.24) is 15.5 Å². The summed E-state index contributed by atoms with van der Waals surface area (Å²) < 4.78 is 11.0. The van der Waals surface area contributed by atoms with Crippen molar-refractivity contribution in [2.45, 2.75) is 26.7 Å². The number of fused-ring (bicyclic) bond motifs is 1. The van der Waals surface area contributed by atoms with E-state index in [2.05, 4.69) is 21.6 Å². The molecule has 1 heterocycles. The number of nitrogens with one attached hydrogen (secondary N) is 2. The highest BCUT2D eigenvalue weighted by atomic mass is 16.7. The largest absolute Gasteiger partial charge is 0.352 e. The molecule has 0 atom stereocenters. The highest BCUT2D eigenvalue weighted by Crippen LogP contribution is 2.15. The summed E-state index contributed by atoms with van der Waals surface area (Å²) in [5, 5.41) is 11.6. The molecule has 0 aliphatic carbocycles. The first kappa shape index (κ1) is 14.0. The van der Waals surface area contributed by atoms with Crippen molar-refractivity contribution in [3.8, 4) is 0 Å². The Labute approximate surface area is 113 Å². The molecule has 5 heteroatoms. The maximum absolute atomic E-state index is 5.49. The summed E-state index contributed by atoms with van der Waals surface area (Å²) in [5.74, 6) is 0. The molecule has 19 heavy (non-hydrogen) atoms. The summed E-state index contributed by atoms with van der Waals surface area (Å²) in [6.45, 7) is 6.68. The maximum Gasteiger partial charge on any atom is 0.169 e. The lowest BCUT2D eigenvalue weighted by atomic mass is 10.1. The van der Waals surface area contributed by atoms with E-state index in [9.17, 15) is 0 Å².